The van der Waals surface area contributed by atoms with Crippen LogP contribution in [0, 0.1) is 0 Å². The summed E-state index contributed by atoms with van der Waals surface area (Å²) in [7, 11) is 0. The molecule has 2 amide bonds. The SMILES string of the molecule is O=C(CCN1C(=O)c2ccccc2C1=O)OCCCCBr. The lowest BCUT2D eigenvalue weighted by Gasteiger charge is -2.13. The number of ether oxygens (including phenoxy) is 1. The molecule has 1 heterocycles. The van der Waals surface area contributed by atoms with E-state index in [-0.39, 0.29) is 30.7 Å². The number of carbonyl (C=O) groups excluding carboxylic acids is 3. The van der Waals surface area contributed by atoms with Crippen LogP contribution >= 0.6 is 15.9 Å². The number of unbranched alkanes of at least 4 members (excludes halogenated alkanes) is 1. The Morgan fingerprint density at radius 2 is 1.71 bits per heavy atom. The summed E-state index contributed by atoms with van der Waals surface area (Å²) in [6.45, 7) is 0.427. The van der Waals surface area contributed by atoms with Gasteiger partial charge in [-0.1, -0.05) is 28.1 Å². The zero-order valence-corrected chi connectivity index (χ0v) is 13.1. The minimum Gasteiger partial charge on any atom is -0.466 e. The van der Waals surface area contributed by atoms with Gasteiger partial charge >= 0.3 is 5.97 Å². The summed E-state index contributed by atoms with van der Waals surface area (Å²) in [5.74, 6) is -1.08. The highest BCUT2D eigenvalue weighted by atomic mass is 79.9. The molecule has 0 bridgehead atoms. The summed E-state index contributed by atoms with van der Waals surface area (Å²) < 4.78 is 5.04. The van der Waals surface area contributed by atoms with Crippen molar-refractivity contribution in [1.82, 2.24) is 4.90 Å². The normalized spacial score (nSPS) is 13.5. The van der Waals surface area contributed by atoms with Crippen LogP contribution < -0.4 is 0 Å². The molecular weight excluding hydrogens is 338 g/mol. The van der Waals surface area contributed by atoms with Crippen molar-refractivity contribution >= 4 is 33.7 Å². The summed E-state index contributed by atoms with van der Waals surface area (Å²) in [6, 6.07) is 6.67. The summed E-state index contributed by atoms with van der Waals surface area (Å²) in [5.41, 5.74) is 0.793. The number of carbonyl (C=O) groups is 3. The van der Waals surface area contributed by atoms with E-state index in [1.165, 1.54) is 0 Å². The largest absolute Gasteiger partial charge is 0.466 e. The second kappa shape index (κ2) is 7.36. The first-order valence-corrected chi connectivity index (χ1v) is 7.94. The van der Waals surface area contributed by atoms with Crippen LogP contribution in [0.25, 0.3) is 0 Å². The number of amides is 2. The number of halogens is 1. The van der Waals surface area contributed by atoms with Crippen LogP contribution in [-0.4, -0.2) is 41.2 Å². The predicted octanol–water partition coefficient (Wildman–Crippen LogP) is 2.39. The van der Waals surface area contributed by atoms with E-state index in [0.717, 1.165) is 23.1 Å². The maximum atomic E-state index is 12.1. The van der Waals surface area contributed by atoms with Gasteiger partial charge in [0.15, 0.2) is 0 Å². The third kappa shape index (κ3) is 3.69. The van der Waals surface area contributed by atoms with E-state index in [9.17, 15) is 14.4 Å². The molecule has 112 valence electrons. The Balaban J connectivity index is 1.84. The van der Waals surface area contributed by atoms with Crippen LogP contribution in [0.15, 0.2) is 24.3 Å². The molecule has 1 aliphatic heterocycles. The number of esters is 1. The predicted molar refractivity (Wildman–Crippen MR) is 80.4 cm³/mol. The second-order valence-corrected chi connectivity index (χ2v) is 5.47. The molecule has 2 rings (SSSR count). The van der Waals surface area contributed by atoms with Gasteiger partial charge in [0, 0.05) is 11.9 Å². The smallest absolute Gasteiger partial charge is 0.307 e. The summed E-state index contributed by atoms with van der Waals surface area (Å²) in [6.07, 6.45) is 1.76. The molecule has 0 N–H and O–H groups in total. The van der Waals surface area contributed by atoms with Gasteiger partial charge in [-0.25, -0.2) is 0 Å². The number of imide groups is 1. The molecule has 0 unspecified atom stereocenters. The van der Waals surface area contributed by atoms with Crippen molar-refractivity contribution in [2.45, 2.75) is 19.3 Å². The minimum absolute atomic E-state index is 0.0276. The van der Waals surface area contributed by atoms with Gasteiger partial charge in [-0.05, 0) is 25.0 Å². The molecule has 5 nitrogen and oxygen atoms in total. The summed E-state index contributed by atoms with van der Waals surface area (Å²) >= 11 is 3.30. The average Bonchev–Trinajstić information content (AvgIpc) is 2.74. The molecule has 0 saturated heterocycles. The van der Waals surface area contributed by atoms with E-state index in [0.29, 0.717) is 17.7 Å². The third-order valence-corrected chi connectivity index (χ3v) is 3.77. The van der Waals surface area contributed by atoms with E-state index in [4.69, 9.17) is 4.74 Å². The quantitative estimate of drug-likeness (QED) is 0.326. The molecule has 0 aromatic heterocycles. The Kier molecular flexibility index (Phi) is 5.50. The maximum absolute atomic E-state index is 12.1. The number of rotatable bonds is 7. The summed E-state index contributed by atoms with van der Waals surface area (Å²) in [5, 5.41) is 0.875. The zero-order chi connectivity index (χ0) is 15.2. The third-order valence-electron chi connectivity index (χ3n) is 3.21. The molecule has 0 radical (unpaired) electrons. The van der Waals surface area contributed by atoms with Crippen LogP contribution in [0.2, 0.25) is 0 Å². The molecule has 0 saturated carbocycles. The fraction of sp³-hybridized carbons (Fsp3) is 0.400. The Hall–Kier alpha value is -1.69. The van der Waals surface area contributed by atoms with Gasteiger partial charge in [-0.3, -0.25) is 19.3 Å². The van der Waals surface area contributed by atoms with Gasteiger partial charge in [-0.15, -0.1) is 0 Å². The maximum Gasteiger partial charge on any atom is 0.307 e. The number of fused-ring (bicyclic) bond motifs is 1. The first-order valence-electron chi connectivity index (χ1n) is 6.82. The van der Waals surface area contributed by atoms with Gasteiger partial charge < -0.3 is 4.74 Å². The molecule has 0 aliphatic carbocycles. The lowest BCUT2D eigenvalue weighted by molar-refractivity contribution is -0.143. The summed E-state index contributed by atoms with van der Waals surface area (Å²) in [4.78, 5) is 36.8. The van der Waals surface area contributed by atoms with Gasteiger partial charge in [-0.2, -0.15) is 0 Å². The lowest BCUT2D eigenvalue weighted by Crippen LogP contribution is -2.32. The molecule has 0 fully saturated rings. The number of hydrogen-bond donors (Lipinski definition) is 0. The van der Waals surface area contributed by atoms with Crippen molar-refractivity contribution in [3.8, 4) is 0 Å². The van der Waals surface area contributed by atoms with Crippen molar-refractivity contribution in [3.05, 3.63) is 35.4 Å². The van der Waals surface area contributed by atoms with Crippen molar-refractivity contribution in [3.63, 3.8) is 0 Å². The molecular formula is C15H16BrNO4. The highest BCUT2D eigenvalue weighted by Gasteiger charge is 2.34. The van der Waals surface area contributed by atoms with E-state index in [1.54, 1.807) is 24.3 Å². The van der Waals surface area contributed by atoms with Crippen molar-refractivity contribution in [1.29, 1.82) is 0 Å². The molecule has 1 aromatic carbocycles. The highest BCUT2D eigenvalue weighted by Crippen LogP contribution is 2.22. The monoisotopic (exact) mass is 353 g/mol. The molecule has 6 heteroatoms. The van der Waals surface area contributed by atoms with Crippen LogP contribution in [0.1, 0.15) is 40.0 Å². The Morgan fingerprint density at radius 3 is 2.29 bits per heavy atom. The van der Waals surface area contributed by atoms with E-state index >= 15 is 0 Å². The molecule has 0 spiro atoms. The topological polar surface area (TPSA) is 63.7 Å². The number of hydrogen-bond acceptors (Lipinski definition) is 4. The average molecular weight is 354 g/mol. The Bertz CT molecular complexity index is 523. The lowest BCUT2D eigenvalue weighted by atomic mass is 10.1. The van der Waals surface area contributed by atoms with E-state index < -0.39 is 0 Å². The number of nitrogens with zero attached hydrogens (tertiary/aromatic N) is 1. The number of benzene rings is 1. The standard InChI is InChI=1S/C15H16BrNO4/c16-8-3-4-10-21-13(18)7-9-17-14(19)11-5-1-2-6-12(11)15(17)20/h1-2,5-6H,3-4,7-10H2. The van der Waals surface area contributed by atoms with Gasteiger partial charge in [0.2, 0.25) is 0 Å². The van der Waals surface area contributed by atoms with Gasteiger partial charge in [0.1, 0.15) is 0 Å². The Labute approximate surface area is 131 Å². The zero-order valence-electron chi connectivity index (χ0n) is 11.5. The van der Waals surface area contributed by atoms with Crippen LogP contribution in [0.4, 0.5) is 0 Å². The first kappa shape index (κ1) is 15.7. The fourth-order valence-electron chi connectivity index (χ4n) is 2.10. The molecule has 0 atom stereocenters. The highest BCUT2D eigenvalue weighted by molar-refractivity contribution is 9.09. The minimum atomic E-state index is -0.388. The van der Waals surface area contributed by atoms with E-state index in [1.807, 2.05) is 0 Å². The fourth-order valence-corrected chi connectivity index (χ4v) is 2.50. The first-order chi connectivity index (χ1) is 10.1. The Morgan fingerprint density at radius 1 is 1.10 bits per heavy atom. The van der Waals surface area contributed by atoms with Crippen molar-refractivity contribution < 1.29 is 19.1 Å². The second-order valence-electron chi connectivity index (χ2n) is 4.67. The number of alkyl halides is 1. The van der Waals surface area contributed by atoms with Crippen LogP contribution in [0.3, 0.4) is 0 Å². The van der Waals surface area contributed by atoms with Crippen LogP contribution in [-0.2, 0) is 9.53 Å². The van der Waals surface area contributed by atoms with E-state index in [2.05, 4.69) is 15.9 Å². The van der Waals surface area contributed by atoms with Gasteiger partial charge in [0.25, 0.3) is 11.8 Å². The van der Waals surface area contributed by atoms with Crippen molar-refractivity contribution in [2.24, 2.45) is 0 Å². The van der Waals surface area contributed by atoms with Crippen molar-refractivity contribution in [2.75, 3.05) is 18.5 Å². The molecule has 1 aromatic rings. The van der Waals surface area contributed by atoms with Gasteiger partial charge in [0.05, 0.1) is 24.2 Å². The molecule has 1 aliphatic rings. The molecule has 21 heavy (non-hydrogen) atoms. The van der Waals surface area contributed by atoms with Crippen LogP contribution in [0.5, 0.6) is 0 Å².